The average molecular weight is 1040 g/mol. The summed E-state index contributed by atoms with van der Waals surface area (Å²) in [5.74, 6) is 1.45. The maximum Gasteiger partial charge on any atom is 0.416 e. The van der Waals surface area contributed by atoms with E-state index in [2.05, 4.69) is 26.0 Å². The number of carbonyl (C=O) groups excluding carboxylic acids is 4. The molecule has 1 fully saturated rings. The van der Waals surface area contributed by atoms with Gasteiger partial charge in [-0.2, -0.15) is 26.3 Å². The molecular weight excluding hydrogens is 951 g/mol. The number of unbranched alkanes of at least 4 members (excludes halogenated alkanes) is 2. The predicted octanol–water partition coefficient (Wildman–Crippen LogP) is 16.3. The minimum atomic E-state index is -4.40. The Balaban J connectivity index is 0.00000115. The first-order valence-electron chi connectivity index (χ1n) is 24.8. The third kappa shape index (κ3) is 28.6. The number of alkyl halides is 6. The molecule has 14 heteroatoms. The number of hydrogen-bond donors (Lipinski definition) is 0. The number of Topliss-reactive ketones (excluding diaryl/α,β-unsaturated/α-hetero) is 2. The lowest BCUT2D eigenvalue weighted by Crippen LogP contribution is -2.15. The molecule has 0 aliphatic heterocycles. The van der Waals surface area contributed by atoms with Crippen molar-refractivity contribution in [1.82, 2.24) is 0 Å². The third-order valence-electron chi connectivity index (χ3n) is 11.2. The van der Waals surface area contributed by atoms with Crippen LogP contribution in [0.3, 0.4) is 0 Å². The average Bonchev–Trinajstić information content (AvgIpc) is 3.75. The Morgan fingerprint density at radius 2 is 1.16 bits per heavy atom. The highest BCUT2D eigenvalue weighted by Gasteiger charge is 2.37. The van der Waals surface area contributed by atoms with E-state index < -0.39 is 23.5 Å². The molecule has 0 aromatic heterocycles. The molecule has 2 aromatic carbocycles. The van der Waals surface area contributed by atoms with E-state index in [0.717, 1.165) is 55.5 Å². The van der Waals surface area contributed by atoms with Crippen LogP contribution < -0.4 is 9.47 Å². The van der Waals surface area contributed by atoms with Gasteiger partial charge in [0.2, 0.25) is 0 Å². The van der Waals surface area contributed by atoms with Crippen molar-refractivity contribution in [2.75, 3.05) is 13.2 Å². The number of allylic oxidation sites excluding steroid dienone is 8. The molecule has 410 valence electrons. The Hall–Kier alpha value is -5.40. The second-order valence-corrected chi connectivity index (χ2v) is 18.9. The first-order valence-corrected chi connectivity index (χ1v) is 24.8. The lowest BCUT2D eigenvalue weighted by atomic mass is 9.86. The minimum absolute atomic E-state index is 0. The number of ketones is 2. The Morgan fingerprint density at radius 3 is 1.60 bits per heavy atom. The summed E-state index contributed by atoms with van der Waals surface area (Å²) in [6, 6.07) is 9.79. The molecule has 4 rings (SSSR count). The van der Waals surface area contributed by atoms with Gasteiger partial charge in [-0.05, 0) is 133 Å². The Bertz CT molecular complexity index is 2100. The Labute approximate surface area is 432 Å². The summed E-state index contributed by atoms with van der Waals surface area (Å²) in [4.78, 5) is 46.9. The normalized spacial score (nSPS) is 18.7. The summed E-state index contributed by atoms with van der Waals surface area (Å²) in [7, 11) is 0. The number of esters is 2. The van der Waals surface area contributed by atoms with Crippen LogP contribution in [0.1, 0.15) is 153 Å². The maximum absolute atomic E-state index is 12.9. The zero-order valence-corrected chi connectivity index (χ0v) is 43.0. The van der Waals surface area contributed by atoms with Crippen molar-refractivity contribution in [3.8, 4) is 11.5 Å². The van der Waals surface area contributed by atoms with Crippen LogP contribution in [0.25, 0.3) is 0 Å². The summed E-state index contributed by atoms with van der Waals surface area (Å²) in [5, 5.41) is 0. The monoisotopic (exact) mass is 1030 g/mol. The van der Waals surface area contributed by atoms with Gasteiger partial charge in [0.05, 0.1) is 36.5 Å². The van der Waals surface area contributed by atoms with E-state index in [1.807, 2.05) is 91.0 Å². The van der Waals surface area contributed by atoms with Crippen LogP contribution in [0.15, 0.2) is 109 Å². The van der Waals surface area contributed by atoms with Gasteiger partial charge in [-0.15, -0.1) is 0 Å². The van der Waals surface area contributed by atoms with Crippen LogP contribution in [0.5, 0.6) is 11.5 Å². The van der Waals surface area contributed by atoms with E-state index in [4.69, 9.17) is 18.9 Å². The predicted molar refractivity (Wildman–Crippen MR) is 280 cm³/mol. The van der Waals surface area contributed by atoms with E-state index >= 15 is 0 Å². The van der Waals surface area contributed by atoms with Crippen LogP contribution >= 0.6 is 0 Å². The number of halogens is 6. The second-order valence-electron chi connectivity index (χ2n) is 18.9. The van der Waals surface area contributed by atoms with E-state index in [-0.39, 0.29) is 98.3 Å². The van der Waals surface area contributed by atoms with Crippen molar-refractivity contribution < 1.29 is 64.5 Å². The second kappa shape index (κ2) is 34.9. The van der Waals surface area contributed by atoms with Crippen LogP contribution in [-0.2, 0) is 41.0 Å². The molecule has 1 saturated carbocycles. The van der Waals surface area contributed by atoms with Gasteiger partial charge in [0.1, 0.15) is 17.3 Å². The van der Waals surface area contributed by atoms with Gasteiger partial charge in [-0.25, -0.2) is 0 Å². The molecule has 0 amide bonds. The lowest BCUT2D eigenvalue weighted by molar-refractivity contribution is -0.148. The van der Waals surface area contributed by atoms with Crippen LogP contribution in [0, 0.1) is 35.5 Å². The molecular formula is C59H84F6O8. The highest BCUT2D eigenvalue weighted by atomic mass is 19.4. The molecule has 0 radical (unpaired) electrons. The fraction of sp³-hybridized carbons (Fsp3) is 0.559. The van der Waals surface area contributed by atoms with Crippen molar-refractivity contribution in [2.45, 2.75) is 166 Å². The molecule has 0 bridgehead atoms. The number of hydrogen-bond acceptors (Lipinski definition) is 8. The summed E-state index contributed by atoms with van der Waals surface area (Å²) in [5.41, 5.74) is -0.487. The summed E-state index contributed by atoms with van der Waals surface area (Å²) >= 11 is 0. The summed E-state index contributed by atoms with van der Waals surface area (Å²) < 4.78 is 96.9. The standard InChI is InChI=1S/C28H37F3O4.C16H24O3.C13H15F3O.2CH4/c1-19(2)35-27(33)13-8-6-5-7-12-25-24(21(4)16-26(25)32)15-14-20(3)18-34-23-11-9-10-22(17-23)28(29,30)31;1-12(2)19-16(18)9-7-5-4-6-8-14-10-13(3)11-15(14)17;1-3-5-10(2)9-17-12-7-4-6-11(8-12)13(14,15)16;;/h5,7,9-11,14-15,17,19-21,24-25H,6,8,12-13,16,18H2,1-4H3;4,6,10,12-13H,5,7-9,11H2,1-3H3;3-8,10H,9H2,1-2H3;2*1H4/b7-5-,15-14+;6-4-;5-3+;;/t20-,21-,24+,25-;13-;10-;;/m101../s1. The fourth-order valence-electron chi connectivity index (χ4n) is 7.73. The highest BCUT2D eigenvalue weighted by Crippen LogP contribution is 2.38. The van der Waals surface area contributed by atoms with Gasteiger partial charge in [-0.1, -0.05) is 109 Å². The smallest absolute Gasteiger partial charge is 0.416 e. The molecule has 0 saturated heterocycles. The Morgan fingerprint density at radius 1 is 0.685 bits per heavy atom. The van der Waals surface area contributed by atoms with Gasteiger partial charge in [0, 0.05) is 43.4 Å². The first kappa shape index (κ1) is 67.6. The molecule has 2 aliphatic carbocycles. The Kier molecular flexibility index (Phi) is 32.3. The van der Waals surface area contributed by atoms with Crippen LogP contribution in [0.2, 0.25) is 0 Å². The van der Waals surface area contributed by atoms with Crippen molar-refractivity contribution in [3.05, 3.63) is 120 Å². The van der Waals surface area contributed by atoms with Crippen LogP contribution in [-0.4, -0.2) is 48.9 Å². The van der Waals surface area contributed by atoms with Gasteiger partial charge in [0.15, 0.2) is 5.78 Å². The number of carbonyl (C=O) groups is 4. The van der Waals surface area contributed by atoms with E-state index in [0.29, 0.717) is 51.0 Å². The van der Waals surface area contributed by atoms with Crippen molar-refractivity contribution in [3.63, 3.8) is 0 Å². The first-order chi connectivity index (χ1) is 33.4. The quantitative estimate of drug-likeness (QED) is 0.0469. The molecule has 0 spiro atoms. The van der Waals surface area contributed by atoms with Gasteiger partial charge >= 0.3 is 24.3 Å². The maximum atomic E-state index is 12.9. The summed E-state index contributed by atoms with van der Waals surface area (Å²) in [6.45, 7) is 17.9. The molecule has 2 aliphatic rings. The molecule has 0 heterocycles. The zero-order chi connectivity index (χ0) is 53.1. The fourth-order valence-corrected chi connectivity index (χ4v) is 7.73. The van der Waals surface area contributed by atoms with E-state index in [9.17, 15) is 45.5 Å². The van der Waals surface area contributed by atoms with E-state index in [1.165, 1.54) is 24.3 Å². The van der Waals surface area contributed by atoms with Gasteiger partial charge in [-0.3, -0.25) is 19.2 Å². The zero-order valence-electron chi connectivity index (χ0n) is 43.0. The van der Waals surface area contributed by atoms with Gasteiger partial charge < -0.3 is 18.9 Å². The molecule has 8 nitrogen and oxygen atoms in total. The largest absolute Gasteiger partial charge is 0.493 e. The number of benzene rings is 2. The molecule has 6 atom stereocenters. The summed E-state index contributed by atoms with van der Waals surface area (Å²) in [6.07, 6.45) is 15.7. The van der Waals surface area contributed by atoms with Crippen molar-refractivity contribution in [2.24, 2.45) is 35.5 Å². The number of ether oxygens (including phenoxy) is 4. The topological polar surface area (TPSA) is 105 Å². The van der Waals surface area contributed by atoms with Crippen molar-refractivity contribution in [1.29, 1.82) is 0 Å². The van der Waals surface area contributed by atoms with Crippen LogP contribution in [0.4, 0.5) is 26.3 Å². The van der Waals surface area contributed by atoms with E-state index in [1.54, 1.807) is 0 Å². The third-order valence-corrected chi connectivity index (χ3v) is 11.2. The highest BCUT2D eigenvalue weighted by molar-refractivity contribution is 5.98. The van der Waals surface area contributed by atoms with Gasteiger partial charge in [0.25, 0.3) is 0 Å². The molecule has 73 heavy (non-hydrogen) atoms. The lowest BCUT2D eigenvalue weighted by Gasteiger charge is -2.18. The molecule has 2 aromatic rings. The SMILES string of the molecule is C.C.C/C=C/[C@@H](C)COc1cccc(C(F)(F)F)c1.CC(C)OC(=O)CCC/C=C\CC1=C[C@H](C)CC1=O.CC(C)OC(=O)CCC/C=C\C[C@H]1C(=O)C[C@@H](C)[C@@H]1/C=C/[C@@H](C)COc1cccc(C(F)(F)F)c1. The number of rotatable bonds is 23. The van der Waals surface area contributed by atoms with Crippen molar-refractivity contribution >= 4 is 23.5 Å². The minimum Gasteiger partial charge on any atom is -0.493 e. The molecule has 0 unspecified atom stereocenters. The molecule has 0 N–H and O–H groups in total.